The Morgan fingerprint density at radius 3 is 3.26 bits per heavy atom. The van der Waals surface area contributed by atoms with Crippen LogP contribution in [-0.4, -0.2) is 29.4 Å². The molecule has 0 saturated carbocycles. The Morgan fingerprint density at radius 2 is 2.32 bits per heavy atom. The number of ether oxygens (including phenoxy) is 1. The van der Waals surface area contributed by atoms with Crippen molar-refractivity contribution in [3.63, 3.8) is 0 Å². The molecule has 98 valence electrons. The van der Waals surface area contributed by atoms with Gasteiger partial charge < -0.3 is 9.64 Å². The number of hydrogen-bond acceptors (Lipinski definition) is 3. The third kappa shape index (κ3) is 1.87. The van der Waals surface area contributed by atoms with E-state index in [1.807, 2.05) is 12.3 Å². The molecule has 2 aliphatic rings. The quantitative estimate of drug-likeness (QED) is 0.894. The first-order valence-electron chi connectivity index (χ1n) is 6.92. The van der Waals surface area contributed by atoms with Crippen LogP contribution in [0.25, 0.3) is 0 Å². The van der Waals surface area contributed by atoms with Gasteiger partial charge in [-0.05, 0) is 24.5 Å². The topological polar surface area (TPSA) is 41.2 Å². The lowest BCUT2D eigenvalue weighted by Crippen LogP contribution is -2.37. The number of aryl methyl sites for hydroxylation is 1. The minimum Gasteiger partial charge on any atom is -0.488 e. The average molecular weight is 255 g/mol. The van der Waals surface area contributed by atoms with E-state index in [9.17, 15) is 0 Å². The van der Waals surface area contributed by atoms with Gasteiger partial charge in [0, 0.05) is 13.0 Å². The van der Waals surface area contributed by atoms with Crippen molar-refractivity contribution in [1.82, 2.24) is 10.2 Å². The van der Waals surface area contributed by atoms with E-state index in [1.54, 1.807) is 0 Å². The number of aromatic amines is 1. The van der Waals surface area contributed by atoms with E-state index in [1.165, 1.54) is 23.4 Å². The molecule has 3 heterocycles. The van der Waals surface area contributed by atoms with Crippen molar-refractivity contribution in [3.05, 3.63) is 41.7 Å². The molecule has 0 spiro atoms. The van der Waals surface area contributed by atoms with E-state index in [0.29, 0.717) is 0 Å². The van der Waals surface area contributed by atoms with Crippen molar-refractivity contribution in [2.75, 3.05) is 18.0 Å². The van der Waals surface area contributed by atoms with Gasteiger partial charge in [0.05, 0.1) is 24.1 Å². The molecule has 2 aromatic rings. The fourth-order valence-electron chi connectivity index (χ4n) is 3.12. The third-order valence-electron chi connectivity index (χ3n) is 4.03. The van der Waals surface area contributed by atoms with Gasteiger partial charge in [-0.2, -0.15) is 5.10 Å². The molecular formula is C15H17N3O. The lowest BCUT2D eigenvalue weighted by atomic mass is 10.1. The molecule has 1 aromatic carbocycles. The smallest absolute Gasteiger partial charge is 0.123 e. The SMILES string of the molecule is c1ccc2c(c1)CC(CN1CCCc3[nH]ncc31)O2. The molecular weight excluding hydrogens is 238 g/mol. The molecule has 1 unspecified atom stereocenters. The van der Waals surface area contributed by atoms with Gasteiger partial charge >= 0.3 is 0 Å². The molecule has 4 heteroatoms. The normalized spacial score (nSPS) is 20.8. The molecule has 1 aromatic heterocycles. The average Bonchev–Trinajstić information content (AvgIpc) is 3.04. The maximum Gasteiger partial charge on any atom is 0.123 e. The van der Waals surface area contributed by atoms with E-state index in [-0.39, 0.29) is 6.10 Å². The Kier molecular flexibility index (Phi) is 2.47. The highest BCUT2D eigenvalue weighted by molar-refractivity contribution is 5.51. The number of nitrogens with zero attached hydrogens (tertiary/aromatic N) is 2. The van der Waals surface area contributed by atoms with Gasteiger partial charge in [0.25, 0.3) is 0 Å². The molecule has 0 saturated heterocycles. The van der Waals surface area contributed by atoms with Crippen LogP contribution in [0.5, 0.6) is 5.75 Å². The summed E-state index contributed by atoms with van der Waals surface area (Å²) in [5, 5.41) is 7.26. The second-order valence-corrected chi connectivity index (χ2v) is 5.34. The van der Waals surface area contributed by atoms with Gasteiger partial charge in [-0.3, -0.25) is 5.10 Å². The molecule has 4 nitrogen and oxygen atoms in total. The number of H-pyrrole nitrogens is 1. The van der Waals surface area contributed by atoms with Crippen molar-refractivity contribution in [1.29, 1.82) is 0 Å². The Labute approximate surface area is 112 Å². The number of fused-ring (bicyclic) bond motifs is 2. The lowest BCUT2D eigenvalue weighted by Gasteiger charge is -2.30. The number of hydrogen-bond donors (Lipinski definition) is 1. The standard InChI is InChI=1S/C15H17N3O/c1-2-6-15-11(4-1)8-12(19-15)10-18-7-3-5-13-14(18)9-16-17-13/h1-2,4,6,9,12H,3,5,7-8,10H2,(H,16,17). The molecule has 19 heavy (non-hydrogen) atoms. The molecule has 1 N–H and O–H groups in total. The molecule has 0 aliphatic carbocycles. The van der Waals surface area contributed by atoms with Crippen LogP contribution in [0.4, 0.5) is 5.69 Å². The van der Waals surface area contributed by atoms with Crippen molar-refractivity contribution < 1.29 is 4.74 Å². The minimum absolute atomic E-state index is 0.262. The summed E-state index contributed by atoms with van der Waals surface area (Å²) >= 11 is 0. The van der Waals surface area contributed by atoms with Crippen LogP contribution >= 0.6 is 0 Å². The maximum absolute atomic E-state index is 6.03. The van der Waals surface area contributed by atoms with Crippen molar-refractivity contribution in [2.24, 2.45) is 0 Å². The molecule has 2 aliphatic heterocycles. The minimum atomic E-state index is 0.262. The summed E-state index contributed by atoms with van der Waals surface area (Å²) in [6, 6.07) is 8.35. The van der Waals surface area contributed by atoms with Crippen LogP contribution in [-0.2, 0) is 12.8 Å². The zero-order valence-electron chi connectivity index (χ0n) is 10.8. The van der Waals surface area contributed by atoms with Crippen molar-refractivity contribution in [3.8, 4) is 5.75 Å². The first kappa shape index (κ1) is 10.9. The first-order valence-corrected chi connectivity index (χ1v) is 6.92. The molecule has 4 rings (SSSR count). The summed E-state index contributed by atoms with van der Waals surface area (Å²) in [4.78, 5) is 2.40. The molecule has 0 radical (unpaired) electrons. The fraction of sp³-hybridized carbons (Fsp3) is 0.400. The molecule has 0 fully saturated rings. The van der Waals surface area contributed by atoms with Crippen LogP contribution in [0.3, 0.4) is 0 Å². The summed E-state index contributed by atoms with van der Waals surface area (Å²) in [6.45, 7) is 2.05. The number of aromatic nitrogens is 2. The highest BCUT2D eigenvalue weighted by Crippen LogP contribution is 2.31. The number of rotatable bonds is 2. The zero-order valence-corrected chi connectivity index (χ0v) is 10.8. The van der Waals surface area contributed by atoms with Gasteiger partial charge in [-0.25, -0.2) is 0 Å². The Morgan fingerprint density at radius 1 is 1.37 bits per heavy atom. The highest BCUT2D eigenvalue weighted by atomic mass is 16.5. The predicted molar refractivity (Wildman–Crippen MR) is 73.7 cm³/mol. The van der Waals surface area contributed by atoms with Crippen LogP contribution in [0.1, 0.15) is 17.7 Å². The van der Waals surface area contributed by atoms with E-state index in [2.05, 4.69) is 33.3 Å². The summed E-state index contributed by atoms with van der Waals surface area (Å²) in [6.07, 6.45) is 5.52. The van der Waals surface area contributed by atoms with E-state index in [0.717, 1.165) is 31.7 Å². The van der Waals surface area contributed by atoms with Crippen LogP contribution < -0.4 is 9.64 Å². The van der Waals surface area contributed by atoms with Gasteiger partial charge in [0.15, 0.2) is 0 Å². The van der Waals surface area contributed by atoms with Crippen molar-refractivity contribution in [2.45, 2.75) is 25.4 Å². The van der Waals surface area contributed by atoms with Gasteiger partial charge in [0.2, 0.25) is 0 Å². The van der Waals surface area contributed by atoms with Crippen LogP contribution in [0.2, 0.25) is 0 Å². The van der Waals surface area contributed by atoms with E-state index >= 15 is 0 Å². The molecule has 0 bridgehead atoms. The summed E-state index contributed by atoms with van der Waals surface area (Å²) in [5.74, 6) is 1.05. The number of benzene rings is 1. The number of anilines is 1. The number of nitrogens with one attached hydrogen (secondary N) is 1. The van der Waals surface area contributed by atoms with E-state index < -0.39 is 0 Å². The predicted octanol–water partition coefficient (Wildman–Crippen LogP) is 2.17. The largest absolute Gasteiger partial charge is 0.488 e. The zero-order chi connectivity index (χ0) is 12.7. The Hall–Kier alpha value is -1.97. The van der Waals surface area contributed by atoms with Gasteiger partial charge in [-0.15, -0.1) is 0 Å². The van der Waals surface area contributed by atoms with Gasteiger partial charge in [-0.1, -0.05) is 18.2 Å². The van der Waals surface area contributed by atoms with Crippen LogP contribution in [0, 0.1) is 0 Å². The fourth-order valence-corrected chi connectivity index (χ4v) is 3.12. The summed E-state index contributed by atoms with van der Waals surface area (Å²) in [5.41, 5.74) is 3.85. The van der Waals surface area contributed by atoms with Crippen molar-refractivity contribution >= 4 is 5.69 Å². The molecule has 1 atom stereocenters. The van der Waals surface area contributed by atoms with E-state index in [4.69, 9.17) is 4.74 Å². The first-order chi connectivity index (χ1) is 9.40. The lowest BCUT2D eigenvalue weighted by molar-refractivity contribution is 0.236. The summed E-state index contributed by atoms with van der Waals surface area (Å²) < 4.78 is 6.03. The monoisotopic (exact) mass is 255 g/mol. The number of para-hydroxylation sites is 1. The summed E-state index contributed by atoms with van der Waals surface area (Å²) in [7, 11) is 0. The second kappa shape index (κ2) is 4.30. The highest BCUT2D eigenvalue weighted by Gasteiger charge is 2.27. The van der Waals surface area contributed by atoms with Gasteiger partial charge in [0.1, 0.15) is 11.9 Å². The van der Waals surface area contributed by atoms with Crippen LogP contribution in [0.15, 0.2) is 30.5 Å². The third-order valence-corrected chi connectivity index (χ3v) is 4.03. The maximum atomic E-state index is 6.03. The Balaban J connectivity index is 1.50. The molecule has 0 amide bonds. The second-order valence-electron chi connectivity index (χ2n) is 5.34. The Bertz CT molecular complexity index is 568.